The molecule has 0 bridgehead atoms. The highest BCUT2D eigenvalue weighted by molar-refractivity contribution is 6.33. The SMILES string of the molecule is NC(=O)c1cc(NC2CCOc3ccccc32)ccc1Cl. The summed E-state index contributed by atoms with van der Waals surface area (Å²) in [4.78, 5) is 11.4. The molecule has 1 aliphatic heterocycles. The third-order valence-electron chi connectivity index (χ3n) is 3.53. The number of hydrogen-bond donors (Lipinski definition) is 2. The van der Waals surface area contributed by atoms with E-state index in [1.54, 1.807) is 12.1 Å². The maximum absolute atomic E-state index is 11.4. The highest BCUT2D eigenvalue weighted by Crippen LogP contribution is 2.34. The number of primary amides is 1. The second-order valence-electron chi connectivity index (χ2n) is 4.93. The normalized spacial score (nSPS) is 16.7. The van der Waals surface area contributed by atoms with Crippen LogP contribution in [0.25, 0.3) is 0 Å². The van der Waals surface area contributed by atoms with E-state index in [0.717, 1.165) is 23.4 Å². The van der Waals surface area contributed by atoms with Crippen molar-refractivity contribution in [1.82, 2.24) is 0 Å². The van der Waals surface area contributed by atoms with Gasteiger partial charge in [-0.3, -0.25) is 4.79 Å². The zero-order valence-corrected chi connectivity index (χ0v) is 12.1. The molecular formula is C16H15ClN2O2. The Balaban J connectivity index is 1.88. The molecule has 5 heteroatoms. The lowest BCUT2D eigenvalue weighted by Crippen LogP contribution is -2.20. The standard InChI is InChI=1S/C16H15ClN2O2/c17-13-6-5-10(9-12(13)16(18)20)19-14-7-8-21-15-4-2-1-3-11(14)15/h1-6,9,14,19H,7-8H2,(H2,18,20). The first-order valence-corrected chi connectivity index (χ1v) is 7.10. The number of nitrogens with two attached hydrogens (primary N) is 1. The van der Waals surface area contributed by atoms with Gasteiger partial charge in [0.15, 0.2) is 0 Å². The van der Waals surface area contributed by atoms with E-state index in [1.165, 1.54) is 0 Å². The maximum Gasteiger partial charge on any atom is 0.250 e. The minimum absolute atomic E-state index is 0.136. The van der Waals surface area contributed by atoms with Gasteiger partial charge in [-0.05, 0) is 24.3 Å². The van der Waals surface area contributed by atoms with Crippen molar-refractivity contribution in [2.24, 2.45) is 5.73 Å². The summed E-state index contributed by atoms with van der Waals surface area (Å²) >= 11 is 5.97. The number of benzene rings is 2. The van der Waals surface area contributed by atoms with Crippen LogP contribution in [-0.4, -0.2) is 12.5 Å². The summed E-state index contributed by atoms with van der Waals surface area (Å²) in [6.07, 6.45) is 0.853. The van der Waals surface area contributed by atoms with Crippen LogP contribution in [0.3, 0.4) is 0 Å². The lowest BCUT2D eigenvalue weighted by atomic mass is 10.00. The van der Waals surface area contributed by atoms with Gasteiger partial charge in [-0.25, -0.2) is 0 Å². The minimum Gasteiger partial charge on any atom is -0.493 e. The van der Waals surface area contributed by atoms with E-state index >= 15 is 0 Å². The molecule has 21 heavy (non-hydrogen) atoms. The van der Waals surface area contributed by atoms with Crippen LogP contribution in [-0.2, 0) is 0 Å². The van der Waals surface area contributed by atoms with Crippen LogP contribution in [0.4, 0.5) is 5.69 Å². The predicted octanol–water partition coefficient (Wildman–Crippen LogP) is 3.37. The average Bonchev–Trinajstić information content (AvgIpc) is 2.49. The van der Waals surface area contributed by atoms with Crippen LogP contribution in [0.15, 0.2) is 42.5 Å². The number of halogens is 1. The van der Waals surface area contributed by atoms with Crippen LogP contribution in [0.2, 0.25) is 5.02 Å². The molecule has 108 valence electrons. The van der Waals surface area contributed by atoms with Crippen molar-refractivity contribution in [1.29, 1.82) is 0 Å². The van der Waals surface area contributed by atoms with E-state index in [9.17, 15) is 4.79 Å². The second-order valence-corrected chi connectivity index (χ2v) is 5.34. The van der Waals surface area contributed by atoms with Crippen LogP contribution in [0.1, 0.15) is 28.4 Å². The third-order valence-corrected chi connectivity index (χ3v) is 3.86. The summed E-state index contributed by atoms with van der Waals surface area (Å²) in [5.41, 5.74) is 7.57. The molecule has 0 radical (unpaired) electrons. The van der Waals surface area contributed by atoms with Gasteiger partial charge in [0.2, 0.25) is 5.91 Å². The minimum atomic E-state index is -0.531. The molecule has 1 aliphatic rings. The van der Waals surface area contributed by atoms with Gasteiger partial charge in [0.25, 0.3) is 0 Å². The number of ether oxygens (including phenoxy) is 1. The molecule has 0 aromatic heterocycles. The van der Waals surface area contributed by atoms with Gasteiger partial charge in [-0.2, -0.15) is 0 Å². The molecule has 4 nitrogen and oxygen atoms in total. The Labute approximate surface area is 127 Å². The monoisotopic (exact) mass is 302 g/mol. The summed E-state index contributed by atoms with van der Waals surface area (Å²) in [6, 6.07) is 13.3. The van der Waals surface area contributed by atoms with Gasteiger partial charge in [0.1, 0.15) is 5.75 Å². The fraction of sp³-hybridized carbons (Fsp3) is 0.188. The van der Waals surface area contributed by atoms with Gasteiger partial charge in [-0.1, -0.05) is 29.8 Å². The van der Waals surface area contributed by atoms with Crippen LogP contribution in [0, 0.1) is 0 Å². The average molecular weight is 303 g/mol. The molecule has 1 amide bonds. The third kappa shape index (κ3) is 2.81. The summed E-state index contributed by atoms with van der Waals surface area (Å²) in [5.74, 6) is 0.362. The fourth-order valence-electron chi connectivity index (χ4n) is 2.50. The van der Waals surface area contributed by atoms with Crippen molar-refractivity contribution < 1.29 is 9.53 Å². The number of para-hydroxylation sites is 1. The number of fused-ring (bicyclic) bond motifs is 1. The Morgan fingerprint density at radius 1 is 1.29 bits per heavy atom. The molecule has 0 aliphatic carbocycles. The maximum atomic E-state index is 11.4. The van der Waals surface area contributed by atoms with Gasteiger partial charge in [0, 0.05) is 17.7 Å². The van der Waals surface area contributed by atoms with E-state index in [-0.39, 0.29) is 6.04 Å². The summed E-state index contributed by atoms with van der Waals surface area (Å²) in [5, 5.41) is 3.77. The Hall–Kier alpha value is -2.20. The molecule has 1 atom stereocenters. The molecule has 0 saturated carbocycles. The molecule has 0 saturated heterocycles. The van der Waals surface area contributed by atoms with E-state index in [1.807, 2.05) is 30.3 Å². The molecule has 1 heterocycles. The quantitative estimate of drug-likeness (QED) is 0.913. The molecule has 2 aromatic rings. The molecule has 1 unspecified atom stereocenters. The van der Waals surface area contributed by atoms with Crippen LogP contribution >= 0.6 is 11.6 Å². The number of carbonyl (C=O) groups excluding carboxylic acids is 1. The number of hydrogen-bond acceptors (Lipinski definition) is 3. The second kappa shape index (κ2) is 5.66. The number of carbonyl (C=O) groups is 1. The molecule has 0 fully saturated rings. The molecular weight excluding hydrogens is 288 g/mol. The highest BCUT2D eigenvalue weighted by Gasteiger charge is 2.21. The first kappa shape index (κ1) is 13.8. The topological polar surface area (TPSA) is 64.4 Å². The molecule has 2 aromatic carbocycles. The zero-order valence-electron chi connectivity index (χ0n) is 11.3. The highest BCUT2D eigenvalue weighted by atomic mass is 35.5. The molecule has 3 N–H and O–H groups in total. The van der Waals surface area contributed by atoms with Crippen molar-refractivity contribution in [2.75, 3.05) is 11.9 Å². The molecule has 3 rings (SSSR count). The predicted molar refractivity (Wildman–Crippen MR) is 82.9 cm³/mol. The fourth-order valence-corrected chi connectivity index (χ4v) is 2.71. The summed E-state index contributed by atoms with van der Waals surface area (Å²) in [6.45, 7) is 0.658. The van der Waals surface area contributed by atoms with E-state index < -0.39 is 5.91 Å². The first-order valence-electron chi connectivity index (χ1n) is 6.73. The van der Waals surface area contributed by atoms with Crippen molar-refractivity contribution in [2.45, 2.75) is 12.5 Å². The Kier molecular flexibility index (Phi) is 3.71. The largest absolute Gasteiger partial charge is 0.493 e. The van der Waals surface area contributed by atoms with Crippen LogP contribution < -0.4 is 15.8 Å². The van der Waals surface area contributed by atoms with Crippen molar-refractivity contribution >= 4 is 23.2 Å². The Morgan fingerprint density at radius 3 is 2.90 bits per heavy atom. The lowest BCUT2D eigenvalue weighted by Gasteiger charge is -2.27. The van der Waals surface area contributed by atoms with Gasteiger partial charge < -0.3 is 15.8 Å². The van der Waals surface area contributed by atoms with E-state index in [4.69, 9.17) is 22.1 Å². The van der Waals surface area contributed by atoms with Crippen LogP contribution in [0.5, 0.6) is 5.75 Å². The summed E-state index contributed by atoms with van der Waals surface area (Å²) in [7, 11) is 0. The Morgan fingerprint density at radius 2 is 2.10 bits per heavy atom. The first-order chi connectivity index (χ1) is 10.1. The van der Waals surface area contributed by atoms with Gasteiger partial charge in [0.05, 0.1) is 23.2 Å². The number of anilines is 1. The Bertz CT molecular complexity index is 688. The van der Waals surface area contributed by atoms with Crippen molar-refractivity contribution in [3.63, 3.8) is 0 Å². The zero-order chi connectivity index (χ0) is 14.8. The van der Waals surface area contributed by atoms with Gasteiger partial charge in [-0.15, -0.1) is 0 Å². The van der Waals surface area contributed by atoms with Crippen molar-refractivity contribution in [3.05, 3.63) is 58.6 Å². The van der Waals surface area contributed by atoms with Gasteiger partial charge >= 0.3 is 0 Å². The number of nitrogens with one attached hydrogen (secondary N) is 1. The summed E-state index contributed by atoms with van der Waals surface area (Å²) < 4.78 is 5.64. The molecule has 0 spiro atoms. The van der Waals surface area contributed by atoms with E-state index in [2.05, 4.69) is 5.32 Å². The van der Waals surface area contributed by atoms with Crippen molar-refractivity contribution in [3.8, 4) is 5.75 Å². The number of amides is 1. The lowest BCUT2D eigenvalue weighted by molar-refractivity contribution is 0.100. The van der Waals surface area contributed by atoms with E-state index in [0.29, 0.717) is 17.2 Å². The smallest absolute Gasteiger partial charge is 0.250 e. The number of rotatable bonds is 3.